The van der Waals surface area contributed by atoms with Gasteiger partial charge in [0, 0.05) is 38.0 Å². The number of aryl methyl sites for hydroxylation is 1. The molecule has 0 aromatic carbocycles. The largest absolute Gasteiger partial charge is 0.490 e. The van der Waals surface area contributed by atoms with Gasteiger partial charge in [-0.25, -0.2) is 4.79 Å². The minimum atomic E-state index is -5.08. The maximum Gasteiger partial charge on any atom is 0.490 e. The Morgan fingerprint density at radius 1 is 1.10 bits per heavy atom. The van der Waals surface area contributed by atoms with Gasteiger partial charge in [0.05, 0.1) is 12.0 Å². The zero-order valence-corrected chi connectivity index (χ0v) is 15.5. The first-order valence-corrected chi connectivity index (χ1v) is 8.83. The van der Waals surface area contributed by atoms with Crippen molar-refractivity contribution in [2.24, 2.45) is 11.8 Å². The molecule has 8 nitrogen and oxygen atoms in total. The molecule has 2 aromatic heterocycles. The second-order valence-electron chi connectivity index (χ2n) is 6.95. The van der Waals surface area contributed by atoms with Crippen molar-refractivity contribution in [3.63, 3.8) is 0 Å². The highest BCUT2D eigenvalue weighted by Crippen LogP contribution is 2.33. The van der Waals surface area contributed by atoms with Crippen molar-refractivity contribution in [2.75, 3.05) is 31.1 Å². The van der Waals surface area contributed by atoms with Crippen LogP contribution in [0.1, 0.15) is 16.2 Å². The second-order valence-corrected chi connectivity index (χ2v) is 6.95. The van der Waals surface area contributed by atoms with Crippen LogP contribution in [0.5, 0.6) is 0 Å². The first-order chi connectivity index (χ1) is 13.6. The van der Waals surface area contributed by atoms with Gasteiger partial charge in [0.2, 0.25) is 0 Å². The fourth-order valence-corrected chi connectivity index (χ4v) is 3.46. The van der Waals surface area contributed by atoms with E-state index in [1.807, 2.05) is 24.0 Å². The quantitative estimate of drug-likeness (QED) is 0.807. The number of hydrogen-bond acceptors (Lipinski definition) is 6. The molecule has 1 amide bonds. The molecule has 2 aliphatic rings. The van der Waals surface area contributed by atoms with Crippen LogP contribution in [0.3, 0.4) is 0 Å². The van der Waals surface area contributed by atoms with Crippen LogP contribution in [0.2, 0.25) is 0 Å². The molecule has 0 saturated carbocycles. The van der Waals surface area contributed by atoms with Crippen LogP contribution >= 0.6 is 0 Å². The van der Waals surface area contributed by atoms with E-state index in [0.717, 1.165) is 37.7 Å². The van der Waals surface area contributed by atoms with Crippen LogP contribution in [-0.4, -0.2) is 64.4 Å². The minimum absolute atomic E-state index is 0.000998. The molecule has 2 atom stereocenters. The van der Waals surface area contributed by atoms with Gasteiger partial charge in [-0.2, -0.15) is 18.3 Å². The van der Waals surface area contributed by atoms with Crippen molar-refractivity contribution in [1.82, 2.24) is 15.1 Å². The molecular formula is C18H19F3N4O4. The number of nitrogens with zero attached hydrogens (tertiary/aromatic N) is 4. The molecule has 2 aromatic rings. The van der Waals surface area contributed by atoms with E-state index in [4.69, 9.17) is 14.3 Å². The van der Waals surface area contributed by atoms with E-state index in [9.17, 15) is 18.0 Å². The fourth-order valence-electron chi connectivity index (χ4n) is 3.46. The molecule has 11 heteroatoms. The Morgan fingerprint density at radius 2 is 1.72 bits per heavy atom. The molecule has 4 heterocycles. The molecule has 0 aliphatic carbocycles. The summed E-state index contributed by atoms with van der Waals surface area (Å²) in [5.41, 5.74) is 0.929. The molecule has 4 rings (SSSR count). The van der Waals surface area contributed by atoms with Gasteiger partial charge < -0.3 is 19.3 Å². The lowest BCUT2D eigenvalue weighted by atomic mass is 10.0. The van der Waals surface area contributed by atoms with Crippen LogP contribution < -0.4 is 4.90 Å². The number of alkyl halides is 3. The van der Waals surface area contributed by atoms with Gasteiger partial charge in [-0.1, -0.05) is 0 Å². The number of carbonyl (C=O) groups is 2. The molecule has 156 valence electrons. The Morgan fingerprint density at radius 3 is 2.17 bits per heavy atom. The number of carbonyl (C=O) groups excluding carboxylic acids is 1. The van der Waals surface area contributed by atoms with Gasteiger partial charge >= 0.3 is 12.1 Å². The van der Waals surface area contributed by atoms with Gasteiger partial charge in [0.15, 0.2) is 11.6 Å². The third-order valence-corrected chi connectivity index (χ3v) is 4.86. The maximum atomic E-state index is 12.3. The maximum absolute atomic E-state index is 12.3. The van der Waals surface area contributed by atoms with E-state index in [1.165, 1.54) is 0 Å². The molecule has 1 N–H and O–H groups in total. The fraction of sp³-hybridized carbons (Fsp3) is 0.444. The molecule has 0 bridgehead atoms. The number of aliphatic carboxylic acids is 1. The Hall–Kier alpha value is -3.11. The van der Waals surface area contributed by atoms with Crippen LogP contribution in [0.15, 0.2) is 34.9 Å². The van der Waals surface area contributed by atoms with E-state index in [2.05, 4.69) is 15.1 Å². The van der Waals surface area contributed by atoms with Crippen LogP contribution in [0, 0.1) is 18.8 Å². The van der Waals surface area contributed by atoms with Crippen LogP contribution in [-0.2, 0) is 4.79 Å². The topological polar surface area (TPSA) is 99.8 Å². The van der Waals surface area contributed by atoms with Gasteiger partial charge in [-0.05, 0) is 31.2 Å². The zero-order chi connectivity index (χ0) is 21.2. The van der Waals surface area contributed by atoms with Crippen molar-refractivity contribution in [3.8, 4) is 0 Å². The van der Waals surface area contributed by atoms with E-state index in [-0.39, 0.29) is 5.91 Å². The van der Waals surface area contributed by atoms with Gasteiger partial charge in [-0.15, -0.1) is 5.10 Å². The SMILES string of the molecule is Cc1ccc(N2C[C@H]3CN(C(=O)c4ccco4)C[C@H]3C2)nn1.O=C(O)C(F)(F)F. The minimum Gasteiger partial charge on any atom is -0.475 e. The summed E-state index contributed by atoms with van der Waals surface area (Å²) >= 11 is 0. The number of likely N-dealkylation sites (tertiary alicyclic amines) is 1. The monoisotopic (exact) mass is 412 g/mol. The predicted octanol–water partition coefficient (Wildman–Crippen LogP) is 2.22. The number of aromatic nitrogens is 2. The third-order valence-electron chi connectivity index (χ3n) is 4.86. The summed E-state index contributed by atoms with van der Waals surface area (Å²) in [5, 5.41) is 15.5. The van der Waals surface area contributed by atoms with E-state index < -0.39 is 12.1 Å². The Labute approximate surface area is 163 Å². The number of amides is 1. The Kier molecular flexibility index (Phi) is 5.76. The molecular weight excluding hydrogens is 393 g/mol. The highest BCUT2D eigenvalue weighted by atomic mass is 19.4. The molecule has 0 radical (unpaired) electrons. The number of carboxylic acid groups (broad SMARTS) is 1. The standard InChI is InChI=1S/C16H18N4O2.C2HF3O2/c1-11-4-5-15(18-17-11)19-7-12-9-20(10-13(12)8-19)16(21)14-3-2-6-22-14;3-2(4,5)1(6)7/h2-6,12-13H,7-10H2,1H3;(H,6,7)/t12-,13+;. The summed E-state index contributed by atoms with van der Waals surface area (Å²) in [6, 6.07) is 7.49. The van der Waals surface area contributed by atoms with E-state index >= 15 is 0 Å². The van der Waals surface area contributed by atoms with Crippen molar-refractivity contribution >= 4 is 17.7 Å². The lowest BCUT2D eigenvalue weighted by Crippen LogP contribution is -2.33. The number of furan rings is 1. The van der Waals surface area contributed by atoms with Gasteiger partial charge in [0.1, 0.15) is 0 Å². The van der Waals surface area contributed by atoms with E-state index in [0.29, 0.717) is 17.6 Å². The number of rotatable bonds is 2. The molecule has 0 spiro atoms. The van der Waals surface area contributed by atoms with Crippen LogP contribution in [0.25, 0.3) is 0 Å². The average Bonchev–Trinajstić information content (AvgIpc) is 3.37. The average molecular weight is 412 g/mol. The lowest BCUT2D eigenvalue weighted by Gasteiger charge is -2.21. The zero-order valence-electron chi connectivity index (χ0n) is 15.5. The summed E-state index contributed by atoms with van der Waals surface area (Å²) in [6.07, 6.45) is -3.54. The molecule has 29 heavy (non-hydrogen) atoms. The Bertz CT molecular complexity index is 841. The van der Waals surface area contributed by atoms with Crippen molar-refractivity contribution < 1.29 is 32.3 Å². The molecule has 2 fully saturated rings. The highest BCUT2D eigenvalue weighted by Gasteiger charge is 2.42. The number of anilines is 1. The predicted molar refractivity (Wildman–Crippen MR) is 94.3 cm³/mol. The number of hydrogen-bond donors (Lipinski definition) is 1. The third kappa shape index (κ3) is 4.84. The molecule has 2 aliphatic heterocycles. The summed E-state index contributed by atoms with van der Waals surface area (Å²) in [6.45, 7) is 5.39. The van der Waals surface area contributed by atoms with Gasteiger partial charge in [0.25, 0.3) is 5.91 Å². The number of fused-ring (bicyclic) bond motifs is 1. The number of carboxylic acids is 1. The van der Waals surface area contributed by atoms with E-state index in [1.54, 1.807) is 18.4 Å². The highest BCUT2D eigenvalue weighted by molar-refractivity contribution is 5.91. The first-order valence-electron chi connectivity index (χ1n) is 8.83. The smallest absolute Gasteiger partial charge is 0.475 e. The van der Waals surface area contributed by atoms with Crippen molar-refractivity contribution in [1.29, 1.82) is 0 Å². The summed E-state index contributed by atoms with van der Waals surface area (Å²) in [7, 11) is 0. The summed E-state index contributed by atoms with van der Waals surface area (Å²) < 4.78 is 36.9. The first kappa shape index (κ1) is 20.6. The molecule has 0 unspecified atom stereocenters. The summed E-state index contributed by atoms with van der Waals surface area (Å²) in [5.74, 6) is -0.386. The normalized spacial score (nSPS) is 20.8. The van der Waals surface area contributed by atoms with Crippen molar-refractivity contribution in [3.05, 3.63) is 42.0 Å². The number of halogens is 3. The van der Waals surface area contributed by atoms with Gasteiger partial charge in [-0.3, -0.25) is 4.79 Å². The van der Waals surface area contributed by atoms with Crippen LogP contribution in [0.4, 0.5) is 19.0 Å². The Balaban J connectivity index is 0.000000298. The summed E-state index contributed by atoms with van der Waals surface area (Å²) in [4.78, 5) is 25.4. The van der Waals surface area contributed by atoms with Crippen molar-refractivity contribution in [2.45, 2.75) is 13.1 Å². The lowest BCUT2D eigenvalue weighted by molar-refractivity contribution is -0.192. The molecule has 2 saturated heterocycles. The second kappa shape index (κ2) is 8.10.